The topological polar surface area (TPSA) is 86.2 Å². The van der Waals surface area contributed by atoms with E-state index in [9.17, 15) is 18.3 Å². The number of fused-ring (bicyclic) bond motifs is 1. The quantitative estimate of drug-likeness (QED) is 0.363. The number of amidine groups is 1. The SMILES string of the molecule is COc1cccc(COC2=NC3=C(CN(c4nc5ccc(C(F)(F)F)cc5[nH]4)CC3)C(O)N2c2c#cccc2)c1. The highest BCUT2D eigenvalue weighted by Crippen LogP contribution is 2.35. The van der Waals surface area contributed by atoms with Crippen molar-refractivity contribution in [1.82, 2.24) is 9.97 Å². The fraction of sp³-hybridized carbons (Fsp3) is 0.241. The molecule has 0 fully saturated rings. The van der Waals surface area contributed by atoms with E-state index in [4.69, 9.17) is 14.5 Å². The lowest BCUT2D eigenvalue weighted by Crippen LogP contribution is -2.49. The van der Waals surface area contributed by atoms with Crippen LogP contribution in [0.1, 0.15) is 17.5 Å². The molecule has 6 rings (SSSR count). The summed E-state index contributed by atoms with van der Waals surface area (Å²) in [4.78, 5) is 15.7. The van der Waals surface area contributed by atoms with E-state index >= 15 is 0 Å². The molecular weight excluding hydrogens is 523 g/mol. The lowest BCUT2D eigenvalue weighted by Gasteiger charge is -2.39. The molecule has 2 aliphatic rings. The summed E-state index contributed by atoms with van der Waals surface area (Å²) < 4.78 is 51.0. The van der Waals surface area contributed by atoms with Crippen molar-refractivity contribution >= 4 is 28.7 Å². The Hall–Kier alpha value is -4.69. The van der Waals surface area contributed by atoms with Gasteiger partial charge in [0, 0.05) is 25.1 Å². The Balaban J connectivity index is 1.29. The van der Waals surface area contributed by atoms with Crippen LogP contribution in [0, 0.1) is 12.1 Å². The van der Waals surface area contributed by atoms with E-state index in [1.165, 1.54) is 6.07 Å². The molecule has 0 saturated carbocycles. The zero-order valence-electron chi connectivity index (χ0n) is 21.4. The van der Waals surface area contributed by atoms with Crippen LogP contribution in [0.5, 0.6) is 5.75 Å². The summed E-state index contributed by atoms with van der Waals surface area (Å²) in [6, 6.07) is 22.3. The Morgan fingerprint density at radius 3 is 2.80 bits per heavy atom. The van der Waals surface area contributed by atoms with Crippen LogP contribution in [0.3, 0.4) is 0 Å². The van der Waals surface area contributed by atoms with E-state index in [1.54, 1.807) is 30.2 Å². The predicted octanol–water partition coefficient (Wildman–Crippen LogP) is 5.07. The summed E-state index contributed by atoms with van der Waals surface area (Å²) in [5, 5.41) is 11.6. The van der Waals surface area contributed by atoms with E-state index in [0.717, 1.165) is 17.7 Å². The van der Waals surface area contributed by atoms with Gasteiger partial charge in [-0.2, -0.15) is 13.2 Å². The van der Waals surface area contributed by atoms with Gasteiger partial charge in [-0.05, 0) is 54.1 Å². The number of nitrogens with one attached hydrogen (secondary N) is 1. The van der Waals surface area contributed by atoms with Crippen LogP contribution in [0.15, 0.2) is 76.9 Å². The van der Waals surface area contributed by atoms with Gasteiger partial charge in [-0.3, -0.25) is 4.90 Å². The summed E-state index contributed by atoms with van der Waals surface area (Å²) in [7, 11) is 1.59. The summed E-state index contributed by atoms with van der Waals surface area (Å²) in [6.07, 6.45) is -5.10. The van der Waals surface area contributed by atoms with Gasteiger partial charge < -0.3 is 24.5 Å². The monoisotopic (exact) mass is 547 g/mol. The first-order valence-electron chi connectivity index (χ1n) is 12.5. The van der Waals surface area contributed by atoms with Crippen LogP contribution >= 0.6 is 0 Å². The molecular formula is C29H24F3N5O3. The number of aromatic nitrogens is 2. The van der Waals surface area contributed by atoms with E-state index < -0.39 is 18.0 Å². The predicted molar refractivity (Wildman–Crippen MR) is 143 cm³/mol. The normalized spacial score (nSPS) is 17.4. The fourth-order valence-corrected chi connectivity index (χ4v) is 4.80. The number of aliphatic hydroxyl groups excluding tert-OH is 1. The summed E-state index contributed by atoms with van der Waals surface area (Å²) in [6.45, 7) is 0.959. The number of aromatic amines is 1. The maximum atomic E-state index is 13.2. The molecule has 0 saturated heterocycles. The standard InChI is InChI=1S/C29H24F3N5O3/c1-39-21-9-5-6-18(14-21)17-40-28-35-23-12-13-36(16-22(23)26(38)37(28)20-7-3-2-4-8-20)27-33-24-11-10-19(29(30,31)32)15-25(24)34-27/h2-3,5-7,9-11,14-15,26,38H,12-13,16-17H2,1H3,(H,33,34). The number of aliphatic hydroxyl groups is 1. The van der Waals surface area contributed by atoms with Crippen LogP contribution in [-0.2, 0) is 17.5 Å². The molecule has 0 amide bonds. The fourth-order valence-electron chi connectivity index (χ4n) is 4.80. The van der Waals surface area contributed by atoms with Gasteiger partial charge in [0.15, 0.2) is 6.23 Å². The van der Waals surface area contributed by atoms with Gasteiger partial charge in [-0.15, -0.1) is 0 Å². The Labute approximate surface area is 228 Å². The summed E-state index contributed by atoms with van der Waals surface area (Å²) >= 11 is 0. The number of ether oxygens (including phenoxy) is 2. The first-order chi connectivity index (χ1) is 19.3. The number of methoxy groups -OCH3 is 1. The number of alkyl halides is 3. The largest absolute Gasteiger partial charge is 0.497 e. The van der Waals surface area contributed by atoms with Gasteiger partial charge in [-0.25, -0.2) is 9.98 Å². The van der Waals surface area contributed by atoms with E-state index in [0.29, 0.717) is 47.1 Å². The molecule has 0 radical (unpaired) electrons. The van der Waals surface area contributed by atoms with Crippen molar-refractivity contribution in [3.05, 3.63) is 95.2 Å². The molecule has 2 aliphatic heterocycles. The third-order valence-corrected chi connectivity index (χ3v) is 6.84. The van der Waals surface area contributed by atoms with Crippen molar-refractivity contribution < 1.29 is 27.8 Å². The first-order valence-corrected chi connectivity index (χ1v) is 12.5. The third-order valence-electron chi connectivity index (χ3n) is 6.84. The van der Waals surface area contributed by atoms with Gasteiger partial charge in [0.2, 0.25) is 5.95 Å². The van der Waals surface area contributed by atoms with Crippen LogP contribution in [0.4, 0.5) is 24.8 Å². The van der Waals surface area contributed by atoms with Crippen LogP contribution in [-0.4, -0.2) is 47.5 Å². The number of hydrogen-bond acceptors (Lipinski definition) is 7. The van der Waals surface area contributed by atoms with Crippen LogP contribution < -0.4 is 14.5 Å². The second kappa shape index (κ2) is 10.1. The molecule has 8 nitrogen and oxygen atoms in total. The van der Waals surface area contributed by atoms with Gasteiger partial charge in [0.25, 0.3) is 6.02 Å². The molecule has 0 bridgehead atoms. The molecule has 204 valence electrons. The summed E-state index contributed by atoms with van der Waals surface area (Å²) in [5.74, 6) is 1.12. The minimum atomic E-state index is -4.45. The maximum absolute atomic E-state index is 13.2. The Bertz CT molecular complexity index is 1600. The van der Waals surface area contributed by atoms with Crippen LogP contribution in [0.2, 0.25) is 0 Å². The molecule has 0 spiro atoms. The number of aliphatic imine (C=N–C) groups is 1. The molecule has 4 aromatic rings. The molecule has 2 N–H and O–H groups in total. The maximum Gasteiger partial charge on any atom is 0.416 e. The lowest BCUT2D eigenvalue weighted by molar-refractivity contribution is -0.137. The van der Waals surface area contributed by atoms with E-state index in [-0.39, 0.29) is 24.7 Å². The molecule has 1 unspecified atom stereocenters. The number of nitrogens with zero attached hydrogens (tertiary/aromatic N) is 4. The van der Waals surface area contributed by atoms with E-state index in [2.05, 4.69) is 22.1 Å². The number of imidazole rings is 1. The number of H-pyrrole nitrogens is 1. The van der Waals surface area contributed by atoms with Crippen molar-refractivity contribution in [2.45, 2.75) is 25.4 Å². The lowest BCUT2D eigenvalue weighted by atomic mass is 10.0. The van der Waals surface area contributed by atoms with Gasteiger partial charge in [-0.1, -0.05) is 24.3 Å². The molecule has 1 aromatic heterocycles. The highest BCUT2D eigenvalue weighted by Gasteiger charge is 2.37. The molecule has 3 aromatic carbocycles. The van der Waals surface area contributed by atoms with E-state index in [1.807, 2.05) is 29.2 Å². The van der Waals surface area contributed by atoms with Crippen LogP contribution in [0.25, 0.3) is 11.0 Å². The number of benzene rings is 2. The third kappa shape index (κ3) is 4.89. The van der Waals surface area contributed by atoms with Gasteiger partial charge >= 0.3 is 6.18 Å². The molecule has 40 heavy (non-hydrogen) atoms. The zero-order valence-corrected chi connectivity index (χ0v) is 21.4. The Morgan fingerprint density at radius 2 is 2.02 bits per heavy atom. The second-order valence-corrected chi connectivity index (χ2v) is 9.39. The van der Waals surface area contributed by atoms with Crippen molar-refractivity contribution in [3.63, 3.8) is 0 Å². The zero-order chi connectivity index (χ0) is 27.9. The number of anilines is 2. The number of rotatable bonds is 5. The molecule has 0 aliphatic carbocycles. The summed E-state index contributed by atoms with van der Waals surface area (Å²) in [5.41, 5.74) is 2.68. The second-order valence-electron chi connectivity index (χ2n) is 9.39. The number of halogens is 3. The Morgan fingerprint density at radius 1 is 1.15 bits per heavy atom. The number of hydrogen-bond donors (Lipinski definition) is 2. The molecule has 11 heteroatoms. The van der Waals surface area contributed by atoms with Gasteiger partial charge in [0.05, 0.1) is 35.1 Å². The smallest absolute Gasteiger partial charge is 0.416 e. The average molecular weight is 548 g/mol. The van der Waals surface area contributed by atoms with Crippen molar-refractivity contribution in [1.29, 1.82) is 0 Å². The van der Waals surface area contributed by atoms with Gasteiger partial charge in [0.1, 0.15) is 12.4 Å². The molecule has 3 heterocycles. The minimum absolute atomic E-state index is 0.198. The molecule has 1 atom stereocenters. The Kier molecular flexibility index (Phi) is 6.48. The van der Waals surface area contributed by atoms with Crippen molar-refractivity contribution in [3.8, 4) is 5.75 Å². The van der Waals surface area contributed by atoms with Crippen molar-refractivity contribution in [2.24, 2.45) is 4.99 Å². The first kappa shape index (κ1) is 25.6. The van der Waals surface area contributed by atoms with Crippen molar-refractivity contribution in [2.75, 3.05) is 30.0 Å². The average Bonchev–Trinajstić information content (AvgIpc) is 3.40. The minimum Gasteiger partial charge on any atom is -0.497 e. The highest BCUT2D eigenvalue weighted by molar-refractivity contribution is 5.94. The highest BCUT2D eigenvalue weighted by atomic mass is 19.4.